The van der Waals surface area contributed by atoms with Gasteiger partial charge in [-0.15, -0.1) is 0 Å². The van der Waals surface area contributed by atoms with Crippen molar-refractivity contribution >= 4 is 0 Å². The molecule has 1 fully saturated rings. The zero-order valence-electron chi connectivity index (χ0n) is 9.59. The topological polar surface area (TPSA) is 0 Å². The van der Waals surface area contributed by atoms with E-state index in [1.54, 1.807) is 6.07 Å². The molecule has 1 saturated carbocycles. The highest BCUT2D eigenvalue weighted by Gasteiger charge is 2.20. The Labute approximate surface area is 93.0 Å². The van der Waals surface area contributed by atoms with Crippen LogP contribution in [0.2, 0.25) is 0 Å². The molecule has 84 valence electrons. The van der Waals surface area contributed by atoms with E-state index in [0.29, 0.717) is 5.92 Å². The van der Waals surface area contributed by atoms with Crippen LogP contribution in [0.4, 0.5) is 4.39 Å². The average molecular weight is 208 g/mol. The molecule has 0 aromatic heterocycles. The minimum atomic E-state index is -0.0499. The van der Waals surface area contributed by atoms with Gasteiger partial charge < -0.3 is 0 Å². The maximum atomic E-state index is 13.4. The molecule has 0 unspecified atom stereocenters. The second-order valence-electron chi connectivity index (χ2n) is 4.97. The lowest BCUT2D eigenvalue weighted by atomic mass is 9.79. The largest absolute Gasteiger partial charge is 0.207 e. The monoisotopic (exact) mass is 208 g/mol. The zero-order valence-corrected chi connectivity index (χ0v) is 9.59. The van der Waals surface area contributed by atoms with Crippen molar-refractivity contribution in [3.8, 4) is 0 Å². The molecule has 0 N–H and O–H groups in total. The first-order chi connectivity index (χ1) is 7.16. The summed E-state index contributed by atoms with van der Waals surface area (Å²) in [6, 6.07) is 5.73. The molecule has 15 heavy (non-hydrogen) atoms. The Morgan fingerprint density at radius 3 is 2.47 bits per heavy atom. The van der Waals surface area contributed by atoms with Gasteiger partial charge in [0, 0.05) is 1.43 Å². The Balaban J connectivity index is 0.00000128. The molecule has 0 aliphatic heterocycles. The van der Waals surface area contributed by atoms with Crippen molar-refractivity contribution in [1.82, 2.24) is 0 Å². The molecule has 0 atom stereocenters. The smallest absolute Gasteiger partial charge is 0.126 e. The number of hydrogen-bond donors (Lipinski definition) is 0. The Kier molecular flexibility index (Phi) is 3.08. The van der Waals surface area contributed by atoms with Crippen molar-refractivity contribution in [3.63, 3.8) is 0 Å². The minimum Gasteiger partial charge on any atom is -0.207 e. The second kappa shape index (κ2) is 4.34. The van der Waals surface area contributed by atoms with Gasteiger partial charge in [0.15, 0.2) is 0 Å². The number of benzene rings is 1. The summed E-state index contributed by atoms with van der Waals surface area (Å²) in [5.74, 6) is 1.40. The van der Waals surface area contributed by atoms with E-state index in [0.717, 1.165) is 11.5 Å². The fourth-order valence-electron chi connectivity index (χ4n) is 2.46. The third kappa shape index (κ3) is 2.39. The van der Waals surface area contributed by atoms with Crippen LogP contribution in [0.1, 0.15) is 51.1 Å². The van der Waals surface area contributed by atoms with Crippen LogP contribution in [-0.2, 0) is 0 Å². The number of hydrogen-bond acceptors (Lipinski definition) is 0. The summed E-state index contributed by atoms with van der Waals surface area (Å²) in [6.07, 6.45) is 5.04. The quantitative estimate of drug-likeness (QED) is 0.629. The number of rotatable bonds is 1. The number of halogens is 1. The second-order valence-corrected chi connectivity index (χ2v) is 4.97. The molecule has 1 heteroatoms. The molecule has 0 heterocycles. The van der Waals surface area contributed by atoms with Gasteiger partial charge in [-0.2, -0.15) is 0 Å². The summed E-state index contributed by atoms with van der Waals surface area (Å²) in [7, 11) is 0. The van der Waals surface area contributed by atoms with Crippen molar-refractivity contribution in [2.24, 2.45) is 5.92 Å². The molecule has 1 aliphatic rings. The Hall–Kier alpha value is -0.850. The van der Waals surface area contributed by atoms with Crippen molar-refractivity contribution < 1.29 is 5.82 Å². The van der Waals surface area contributed by atoms with Crippen LogP contribution in [0.3, 0.4) is 0 Å². The molecule has 0 bridgehead atoms. The summed E-state index contributed by atoms with van der Waals surface area (Å²) in [6.45, 7) is 4.13. The third-order valence-electron chi connectivity index (χ3n) is 3.68. The van der Waals surface area contributed by atoms with Gasteiger partial charge in [0.1, 0.15) is 5.82 Å². The molecule has 1 aromatic carbocycles. The maximum absolute atomic E-state index is 13.4. The zero-order chi connectivity index (χ0) is 10.8. The predicted octanol–water partition coefficient (Wildman–Crippen LogP) is 4.67. The molecule has 0 radical (unpaired) electrons. The first kappa shape index (κ1) is 10.7. The lowest BCUT2D eigenvalue weighted by molar-refractivity contribution is 0.347. The molecular formula is C14H21F. The van der Waals surface area contributed by atoms with Crippen molar-refractivity contribution in [2.45, 2.75) is 45.4 Å². The van der Waals surface area contributed by atoms with Gasteiger partial charge in [-0.1, -0.05) is 31.9 Å². The van der Waals surface area contributed by atoms with E-state index in [1.807, 2.05) is 13.0 Å². The Morgan fingerprint density at radius 2 is 1.87 bits per heavy atom. The van der Waals surface area contributed by atoms with Gasteiger partial charge in [-0.05, 0) is 48.8 Å². The van der Waals surface area contributed by atoms with Gasteiger partial charge in [0.2, 0.25) is 0 Å². The molecule has 0 saturated heterocycles. The highest BCUT2D eigenvalue weighted by Crippen LogP contribution is 2.35. The van der Waals surface area contributed by atoms with Crippen molar-refractivity contribution in [3.05, 3.63) is 35.1 Å². The third-order valence-corrected chi connectivity index (χ3v) is 3.68. The van der Waals surface area contributed by atoms with E-state index in [-0.39, 0.29) is 7.24 Å². The van der Waals surface area contributed by atoms with Gasteiger partial charge in [-0.3, -0.25) is 0 Å². The Bertz CT molecular complexity index is 341. The Morgan fingerprint density at radius 1 is 1.20 bits per heavy atom. The summed E-state index contributed by atoms with van der Waals surface area (Å²) in [5.41, 5.74) is 1.95. The van der Waals surface area contributed by atoms with Crippen LogP contribution in [0, 0.1) is 18.7 Å². The molecule has 0 spiro atoms. The first-order valence-electron chi connectivity index (χ1n) is 5.93. The van der Waals surface area contributed by atoms with Crippen LogP contribution < -0.4 is 0 Å². The molecular weight excluding hydrogens is 187 g/mol. The van der Waals surface area contributed by atoms with Gasteiger partial charge in [0.25, 0.3) is 0 Å². The highest BCUT2D eigenvalue weighted by molar-refractivity contribution is 5.26. The van der Waals surface area contributed by atoms with E-state index in [2.05, 4.69) is 13.0 Å². The normalized spacial score (nSPS) is 26.6. The van der Waals surface area contributed by atoms with Gasteiger partial charge in [-0.25, -0.2) is 4.39 Å². The van der Waals surface area contributed by atoms with Gasteiger partial charge in [0.05, 0.1) is 0 Å². The maximum Gasteiger partial charge on any atom is 0.126 e. The first-order valence-corrected chi connectivity index (χ1v) is 5.93. The van der Waals surface area contributed by atoms with Crippen LogP contribution in [-0.4, -0.2) is 0 Å². The minimum absolute atomic E-state index is 0. The molecule has 0 nitrogen and oxygen atoms in total. The average Bonchev–Trinajstić information content (AvgIpc) is 2.23. The lowest BCUT2D eigenvalue weighted by Crippen LogP contribution is -2.11. The van der Waals surface area contributed by atoms with Crippen LogP contribution in [0.5, 0.6) is 0 Å². The van der Waals surface area contributed by atoms with Crippen molar-refractivity contribution in [1.29, 1.82) is 0 Å². The van der Waals surface area contributed by atoms with E-state index < -0.39 is 0 Å². The summed E-state index contributed by atoms with van der Waals surface area (Å²) < 4.78 is 13.4. The highest BCUT2D eigenvalue weighted by atomic mass is 19.1. The summed E-state index contributed by atoms with van der Waals surface area (Å²) >= 11 is 0. The van der Waals surface area contributed by atoms with Crippen LogP contribution in [0.25, 0.3) is 0 Å². The summed E-state index contributed by atoms with van der Waals surface area (Å²) in [4.78, 5) is 0. The van der Waals surface area contributed by atoms with E-state index in [1.165, 1.54) is 31.2 Å². The molecule has 1 aliphatic carbocycles. The van der Waals surface area contributed by atoms with Crippen molar-refractivity contribution in [2.75, 3.05) is 0 Å². The molecule has 1 aromatic rings. The van der Waals surface area contributed by atoms with E-state index >= 15 is 0 Å². The van der Waals surface area contributed by atoms with Crippen LogP contribution >= 0.6 is 0 Å². The standard InChI is InChI=1S/C14H19F.H2/c1-10-3-6-12(7-4-10)13-8-5-11(2)14(15)9-13;/h5,8-10,12H,3-4,6-7H2,1-2H3;1H. The number of aryl methyl sites for hydroxylation is 1. The molecule has 2 rings (SSSR count). The summed E-state index contributed by atoms with van der Waals surface area (Å²) in [5, 5.41) is 0. The predicted molar refractivity (Wildman–Crippen MR) is 63.6 cm³/mol. The van der Waals surface area contributed by atoms with E-state index in [9.17, 15) is 4.39 Å². The fraction of sp³-hybridized carbons (Fsp3) is 0.571. The lowest BCUT2D eigenvalue weighted by Gasteiger charge is -2.26. The molecule has 0 amide bonds. The van der Waals surface area contributed by atoms with Gasteiger partial charge >= 0.3 is 0 Å². The van der Waals surface area contributed by atoms with Crippen LogP contribution in [0.15, 0.2) is 18.2 Å². The van der Waals surface area contributed by atoms with E-state index in [4.69, 9.17) is 0 Å². The SMILES string of the molecule is Cc1ccc(C2CCC(C)CC2)cc1F.[HH]. The fourth-order valence-corrected chi connectivity index (χ4v) is 2.46.